The van der Waals surface area contributed by atoms with Gasteiger partial charge >= 0.3 is 0 Å². The van der Waals surface area contributed by atoms with Gasteiger partial charge in [0, 0.05) is 6.07 Å². The molecule has 0 aliphatic carbocycles. The maximum absolute atomic E-state index is 12.9. The molecule has 0 unspecified atom stereocenters. The Labute approximate surface area is 219 Å². The normalized spacial score (nSPS) is 11.2. The molecule has 10 nitrogen and oxygen atoms in total. The van der Waals surface area contributed by atoms with Crippen LogP contribution in [0.5, 0.6) is 11.5 Å². The van der Waals surface area contributed by atoms with Crippen molar-refractivity contribution in [3.8, 4) is 11.5 Å². The zero-order valence-electron chi connectivity index (χ0n) is 20.3. The van der Waals surface area contributed by atoms with E-state index < -0.39 is 20.6 Å². The van der Waals surface area contributed by atoms with Gasteiger partial charge in [0.25, 0.3) is 15.7 Å². The molecule has 0 amide bonds. The monoisotopic (exact) mass is 532 g/mol. The summed E-state index contributed by atoms with van der Waals surface area (Å²) in [6.45, 7) is 0.444. The average Bonchev–Trinajstić information content (AvgIpc) is 2.93. The van der Waals surface area contributed by atoms with Crippen molar-refractivity contribution in [2.75, 3.05) is 17.3 Å². The van der Waals surface area contributed by atoms with Crippen molar-refractivity contribution in [3.05, 3.63) is 118 Å². The van der Waals surface area contributed by atoms with E-state index in [9.17, 15) is 18.5 Å². The number of nitrogens with one attached hydrogen (secondary N) is 2. The highest BCUT2D eigenvalue weighted by Gasteiger charge is 2.22. The van der Waals surface area contributed by atoms with Gasteiger partial charge in [0.1, 0.15) is 23.8 Å². The number of nitrogens with zero attached hydrogens (tertiary/aromatic N) is 2. The molecule has 0 aromatic heterocycles. The fraction of sp³-hybridized carbons (Fsp3) is 0.0741. The predicted molar refractivity (Wildman–Crippen MR) is 145 cm³/mol. The largest absolute Gasteiger partial charge is 0.495 e. The highest BCUT2D eigenvalue weighted by atomic mass is 32.2. The standard InChI is InChI=1S/C27H24N4O6S/c1-36-27-10-6-5-9-25(27)30-38(34,35)23-15-16-24(26(17-23)31(32)33)29-28-18-20-11-13-22(14-12-20)37-19-21-7-3-2-4-8-21/h2-18,29-30H,19H2,1H3/b28-18-. The number of methoxy groups -OCH3 is 1. The number of para-hydroxylation sites is 2. The Kier molecular flexibility index (Phi) is 8.19. The lowest BCUT2D eigenvalue weighted by Crippen LogP contribution is -2.14. The molecule has 0 atom stereocenters. The molecule has 4 rings (SSSR count). The molecule has 0 radical (unpaired) electrons. The summed E-state index contributed by atoms with van der Waals surface area (Å²) in [6, 6.07) is 26.9. The quantitative estimate of drug-likeness (QED) is 0.150. The molecule has 0 aliphatic heterocycles. The molecule has 0 fully saturated rings. The summed E-state index contributed by atoms with van der Waals surface area (Å²) in [6.07, 6.45) is 1.48. The predicted octanol–water partition coefficient (Wildman–Crippen LogP) is 5.43. The highest BCUT2D eigenvalue weighted by Crippen LogP contribution is 2.30. The lowest BCUT2D eigenvalue weighted by atomic mass is 10.2. The minimum atomic E-state index is -4.12. The summed E-state index contributed by atoms with van der Waals surface area (Å²) >= 11 is 0. The number of ether oxygens (including phenoxy) is 2. The van der Waals surface area contributed by atoms with E-state index in [-0.39, 0.29) is 16.3 Å². The minimum absolute atomic E-state index is 0.0327. The number of hydrazone groups is 1. The smallest absolute Gasteiger partial charge is 0.295 e. The first-order valence-electron chi connectivity index (χ1n) is 11.4. The third kappa shape index (κ3) is 6.65. The summed E-state index contributed by atoms with van der Waals surface area (Å²) in [5.74, 6) is 1.00. The van der Waals surface area contributed by atoms with Crippen molar-refractivity contribution < 1.29 is 22.8 Å². The Balaban J connectivity index is 1.43. The molecular weight excluding hydrogens is 508 g/mol. The number of anilines is 2. The number of nitro groups is 1. The van der Waals surface area contributed by atoms with Crippen molar-refractivity contribution in [3.63, 3.8) is 0 Å². The maximum Gasteiger partial charge on any atom is 0.295 e. The van der Waals surface area contributed by atoms with Crippen LogP contribution in [0, 0.1) is 10.1 Å². The second kappa shape index (κ2) is 11.9. The van der Waals surface area contributed by atoms with Gasteiger partial charge in [-0.3, -0.25) is 20.3 Å². The molecule has 0 spiro atoms. The molecule has 0 aliphatic rings. The Bertz CT molecular complexity index is 1540. The summed E-state index contributed by atoms with van der Waals surface area (Å²) in [5.41, 5.74) is 4.19. The van der Waals surface area contributed by atoms with E-state index in [2.05, 4.69) is 15.2 Å². The van der Waals surface area contributed by atoms with E-state index in [1.807, 2.05) is 30.3 Å². The van der Waals surface area contributed by atoms with Crippen LogP contribution in [0.4, 0.5) is 17.1 Å². The molecule has 38 heavy (non-hydrogen) atoms. The zero-order chi connectivity index (χ0) is 27.0. The van der Waals surface area contributed by atoms with Crippen LogP contribution in [0.2, 0.25) is 0 Å². The summed E-state index contributed by atoms with van der Waals surface area (Å²) in [5, 5.41) is 15.7. The van der Waals surface area contributed by atoms with Gasteiger partial charge < -0.3 is 9.47 Å². The van der Waals surface area contributed by atoms with Crippen molar-refractivity contribution in [1.29, 1.82) is 0 Å². The lowest BCUT2D eigenvalue weighted by molar-refractivity contribution is -0.384. The van der Waals surface area contributed by atoms with Gasteiger partial charge in [-0.2, -0.15) is 5.10 Å². The van der Waals surface area contributed by atoms with Crippen LogP contribution in [-0.4, -0.2) is 26.7 Å². The lowest BCUT2D eigenvalue weighted by Gasteiger charge is -2.12. The third-order valence-corrected chi connectivity index (χ3v) is 6.72. The van der Waals surface area contributed by atoms with Crippen molar-refractivity contribution in [2.45, 2.75) is 11.5 Å². The number of rotatable bonds is 11. The molecule has 194 valence electrons. The van der Waals surface area contributed by atoms with Gasteiger partial charge in [0.2, 0.25) is 0 Å². The number of nitro benzene ring substituents is 1. The van der Waals surface area contributed by atoms with Crippen LogP contribution in [0.3, 0.4) is 0 Å². The molecule has 0 saturated carbocycles. The van der Waals surface area contributed by atoms with E-state index >= 15 is 0 Å². The zero-order valence-corrected chi connectivity index (χ0v) is 21.1. The number of benzene rings is 4. The maximum atomic E-state index is 12.9. The Morgan fingerprint density at radius 3 is 2.34 bits per heavy atom. The second-order valence-electron chi connectivity index (χ2n) is 7.96. The van der Waals surface area contributed by atoms with E-state index in [4.69, 9.17) is 9.47 Å². The van der Waals surface area contributed by atoms with Gasteiger partial charge in [-0.1, -0.05) is 42.5 Å². The number of hydrogen-bond donors (Lipinski definition) is 2. The summed E-state index contributed by atoms with van der Waals surface area (Å²) in [7, 11) is -2.71. The van der Waals surface area contributed by atoms with Crippen LogP contribution in [0.25, 0.3) is 0 Å². The van der Waals surface area contributed by atoms with Crippen LogP contribution in [0.1, 0.15) is 11.1 Å². The van der Waals surface area contributed by atoms with Crippen LogP contribution in [0.15, 0.2) is 107 Å². The fourth-order valence-corrected chi connectivity index (χ4v) is 4.51. The first kappa shape index (κ1) is 26.2. The number of sulfonamides is 1. The Morgan fingerprint density at radius 2 is 1.63 bits per heavy atom. The molecule has 2 N–H and O–H groups in total. The third-order valence-electron chi connectivity index (χ3n) is 5.35. The Hall–Kier alpha value is -4.90. The van der Waals surface area contributed by atoms with E-state index in [1.165, 1.54) is 31.5 Å². The van der Waals surface area contributed by atoms with Gasteiger partial charge in [0.15, 0.2) is 0 Å². The molecule has 4 aromatic rings. The first-order chi connectivity index (χ1) is 18.4. The molecule has 0 bridgehead atoms. The SMILES string of the molecule is COc1ccccc1NS(=O)(=O)c1ccc(N/N=C\c2ccc(OCc3ccccc3)cc2)c([N+](=O)[O-])c1. The average molecular weight is 533 g/mol. The van der Waals surface area contributed by atoms with Crippen molar-refractivity contribution in [1.82, 2.24) is 0 Å². The molecule has 4 aromatic carbocycles. The van der Waals surface area contributed by atoms with Crippen LogP contribution < -0.4 is 19.6 Å². The van der Waals surface area contributed by atoms with E-state index in [0.29, 0.717) is 18.1 Å². The van der Waals surface area contributed by atoms with Gasteiger partial charge in [-0.25, -0.2) is 8.42 Å². The summed E-state index contributed by atoms with van der Waals surface area (Å²) in [4.78, 5) is 10.7. The van der Waals surface area contributed by atoms with Crippen LogP contribution >= 0.6 is 0 Å². The highest BCUT2D eigenvalue weighted by molar-refractivity contribution is 7.92. The molecule has 11 heteroatoms. The molecular formula is C27H24N4O6S. The minimum Gasteiger partial charge on any atom is -0.495 e. The van der Waals surface area contributed by atoms with Crippen molar-refractivity contribution in [2.24, 2.45) is 5.10 Å². The molecule has 0 saturated heterocycles. The Morgan fingerprint density at radius 1 is 0.921 bits per heavy atom. The topological polar surface area (TPSA) is 132 Å². The second-order valence-corrected chi connectivity index (χ2v) is 9.64. The van der Waals surface area contributed by atoms with E-state index in [1.54, 1.807) is 42.5 Å². The van der Waals surface area contributed by atoms with Gasteiger partial charge in [0.05, 0.1) is 28.8 Å². The van der Waals surface area contributed by atoms with Crippen molar-refractivity contribution >= 4 is 33.3 Å². The summed E-state index contributed by atoms with van der Waals surface area (Å²) < 4.78 is 39.0. The number of hydrogen-bond acceptors (Lipinski definition) is 8. The fourth-order valence-electron chi connectivity index (χ4n) is 3.42. The van der Waals surface area contributed by atoms with Gasteiger partial charge in [-0.05, 0) is 59.7 Å². The first-order valence-corrected chi connectivity index (χ1v) is 12.8. The van der Waals surface area contributed by atoms with E-state index in [0.717, 1.165) is 17.2 Å². The molecule has 0 heterocycles. The van der Waals surface area contributed by atoms with Crippen LogP contribution in [-0.2, 0) is 16.6 Å². The van der Waals surface area contributed by atoms with Gasteiger partial charge in [-0.15, -0.1) is 0 Å².